The Balaban J connectivity index is 1.64. The monoisotopic (exact) mass is 413 g/mol. The van der Waals surface area contributed by atoms with E-state index in [0.29, 0.717) is 22.9 Å². The SMILES string of the molecule is CC(C)n1ncc2c(C(=O)Nc3ccc(NS(C)(=O)=O)cc3)cc(C3CC3)nc21. The third-order valence-electron chi connectivity index (χ3n) is 4.76. The number of anilines is 2. The van der Waals surface area contributed by atoms with Gasteiger partial charge in [0, 0.05) is 29.0 Å². The minimum absolute atomic E-state index is 0.139. The fourth-order valence-corrected chi connectivity index (χ4v) is 3.79. The number of carbonyl (C=O) groups excluding carboxylic acids is 1. The fourth-order valence-electron chi connectivity index (χ4n) is 3.23. The van der Waals surface area contributed by atoms with Crippen LogP contribution in [0, 0.1) is 0 Å². The van der Waals surface area contributed by atoms with Crippen LogP contribution in [-0.4, -0.2) is 35.3 Å². The molecule has 1 aliphatic carbocycles. The van der Waals surface area contributed by atoms with E-state index in [9.17, 15) is 13.2 Å². The summed E-state index contributed by atoms with van der Waals surface area (Å²) in [4.78, 5) is 17.8. The van der Waals surface area contributed by atoms with Crippen molar-refractivity contribution in [1.29, 1.82) is 0 Å². The number of carbonyl (C=O) groups is 1. The van der Waals surface area contributed by atoms with Gasteiger partial charge in [-0.05, 0) is 57.0 Å². The van der Waals surface area contributed by atoms with E-state index in [-0.39, 0.29) is 11.9 Å². The molecule has 4 rings (SSSR count). The molecule has 1 saturated carbocycles. The fraction of sp³-hybridized carbons (Fsp3) is 0.350. The minimum atomic E-state index is -3.35. The van der Waals surface area contributed by atoms with E-state index in [1.165, 1.54) is 0 Å². The van der Waals surface area contributed by atoms with E-state index in [1.807, 2.05) is 24.6 Å². The van der Waals surface area contributed by atoms with Gasteiger partial charge in [0.15, 0.2) is 5.65 Å². The molecule has 0 bridgehead atoms. The molecule has 8 nitrogen and oxygen atoms in total. The Labute approximate surface area is 169 Å². The topological polar surface area (TPSA) is 106 Å². The van der Waals surface area contributed by atoms with Crippen molar-refractivity contribution < 1.29 is 13.2 Å². The molecule has 2 heterocycles. The summed E-state index contributed by atoms with van der Waals surface area (Å²) in [7, 11) is -3.35. The van der Waals surface area contributed by atoms with Crippen LogP contribution in [0.25, 0.3) is 11.0 Å². The van der Waals surface area contributed by atoms with Crippen LogP contribution in [0.3, 0.4) is 0 Å². The van der Waals surface area contributed by atoms with Crippen LogP contribution in [0.5, 0.6) is 0 Å². The van der Waals surface area contributed by atoms with Crippen molar-refractivity contribution in [2.24, 2.45) is 0 Å². The molecule has 9 heteroatoms. The number of nitrogens with zero attached hydrogens (tertiary/aromatic N) is 3. The number of nitrogens with one attached hydrogen (secondary N) is 2. The third kappa shape index (κ3) is 4.24. The van der Waals surface area contributed by atoms with Crippen molar-refractivity contribution in [3.63, 3.8) is 0 Å². The Morgan fingerprint density at radius 3 is 2.41 bits per heavy atom. The van der Waals surface area contributed by atoms with Gasteiger partial charge in [-0.25, -0.2) is 18.1 Å². The first-order chi connectivity index (χ1) is 13.7. The van der Waals surface area contributed by atoms with Crippen LogP contribution >= 0.6 is 0 Å². The highest BCUT2D eigenvalue weighted by molar-refractivity contribution is 7.92. The normalized spacial score (nSPS) is 14.3. The van der Waals surface area contributed by atoms with Crippen molar-refractivity contribution in [2.45, 2.75) is 38.6 Å². The third-order valence-corrected chi connectivity index (χ3v) is 5.37. The van der Waals surface area contributed by atoms with Crippen LogP contribution in [0.2, 0.25) is 0 Å². The molecule has 2 aromatic heterocycles. The molecule has 1 fully saturated rings. The number of hydrogen-bond acceptors (Lipinski definition) is 5. The van der Waals surface area contributed by atoms with Crippen molar-refractivity contribution in [3.05, 3.63) is 47.8 Å². The molecule has 0 aliphatic heterocycles. The number of benzene rings is 1. The number of hydrogen-bond donors (Lipinski definition) is 2. The smallest absolute Gasteiger partial charge is 0.256 e. The lowest BCUT2D eigenvalue weighted by molar-refractivity contribution is 0.102. The summed E-state index contributed by atoms with van der Waals surface area (Å²) in [5, 5.41) is 8.02. The average Bonchev–Trinajstić information content (AvgIpc) is 3.40. The molecule has 152 valence electrons. The number of pyridine rings is 1. The Morgan fingerprint density at radius 1 is 1.17 bits per heavy atom. The van der Waals surface area contributed by atoms with E-state index in [1.54, 1.807) is 30.5 Å². The highest BCUT2D eigenvalue weighted by Crippen LogP contribution is 2.40. The number of fused-ring (bicyclic) bond motifs is 1. The second kappa shape index (κ2) is 7.14. The van der Waals surface area contributed by atoms with E-state index in [2.05, 4.69) is 15.1 Å². The van der Waals surface area contributed by atoms with E-state index >= 15 is 0 Å². The quantitative estimate of drug-likeness (QED) is 0.643. The Kier molecular flexibility index (Phi) is 4.77. The summed E-state index contributed by atoms with van der Waals surface area (Å²) in [6.07, 6.45) is 4.95. The summed E-state index contributed by atoms with van der Waals surface area (Å²) < 4.78 is 26.9. The second-order valence-corrected chi connectivity index (χ2v) is 9.44. The summed E-state index contributed by atoms with van der Waals surface area (Å²) in [6.45, 7) is 4.06. The van der Waals surface area contributed by atoms with E-state index in [0.717, 1.165) is 35.8 Å². The first-order valence-electron chi connectivity index (χ1n) is 9.48. The summed E-state index contributed by atoms with van der Waals surface area (Å²) in [6, 6.07) is 8.52. The van der Waals surface area contributed by atoms with E-state index < -0.39 is 10.0 Å². The van der Waals surface area contributed by atoms with Crippen molar-refractivity contribution in [2.75, 3.05) is 16.3 Å². The molecule has 1 aliphatic rings. The maximum atomic E-state index is 13.0. The van der Waals surface area contributed by atoms with Crippen LogP contribution in [0.1, 0.15) is 54.7 Å². The zero-order valence-electron chi connectivity index (χ0n) is 16.5. The number of aromatic nitrogens is 3. The summed E-state index contributed by atoms with van der Waals surface area (Å²) >= 11 is 0. The zero-order chi connectivity index (χ0) is 20.8. The predicted molar refractivity (Wildman–Crippen MR) is 113 cm³/mol. The molecule has 0 spiro atoms. The highest BCUT2D eigenvalue weighted by atomic mass is 32.2. The lowest BCUT2D eigenvalue weighted by Crippen LogP contribution is -2.14. The summed E-state index contributed by atoms with van der Waals surface area (Å²) in [5.74, 6) is 0.161. The Bertz CT molecular complexity index is 1180. The van der Waals surface area contributed by atoms with E-state index in [4.69, 9.17) is 4.98 Å². The molecular formula is C20H23N5O3S. The molecule has 0 radical (unpaired) electrons. The minimum Gasteiger partial charge on any atom is -0.322 e. The largest absolute Gasteiger partial charge is 0.322 e. The van der Waals surface area contributed by atoms with Gasteiger partial charge in [-0.3, -0.25) is 9.52 Å². The lowest BCUT2D eigenvalue weighted by Gasteiger charge is -2.11. The van der Waals surface area contributed by atoms with Gasteiger partial charge in [-0.15, -0.1) is 0 Å². The van der Waals surface area contributed by atoms with Crippen molar-refractivity contribution >= 4 is 38.3 Å². The second-order valence-electron chi connectivity index (χ2n) is 7.69. The Hall–Kier alpha value is -2.94. The van der Waals surface area contributed by atoms with Crippen molar-refractivity contribution in [3.8, 4) is 0 Å². The molecular weight excluding hydrogens is 390 g/mol. The van der Waals surface area contributed by atoms with Gasteiger partial charge >= 0.3 is 0 Å². The van der Waals surface area contributed by atoms with Gasteiger partial charge in [0.2, 0.25) is 10.0 Å². The van der Waals surface area contributed by atoms with Crippen LogP contribution in [0.15, 0.2) is 36.5 Å². The van der Waals surface area contributed by atoms with Gasteiger partial charge < -0.3 is 5.32 Å². The van der Waals surface area contributed by atoms with Crippen LogP contribution in [0.4, 0.5) is 11.4 Å². The lowest BCUT2D eigenvalue weighted by atomic mass is 10.1. The molecule has 0 unspecified atom stereocenters. The van der Waals surface area contributed by atoms with Crippen LogP contribution in [-0.2, 0) is 10.0 Å². The molecule has 0 atom stereocenters. The zero-order valence-corrected chi connectivity index (χ0v) is 17.3. The molecule has 0 saturated heterocycles. The molecule has 29 heavy (non-hydrogen) atoms. The van der Waals surface area contributed by atoms with Crippen molar-refractivity contribution in [1.82, 2.24) is 14.8 Å². The van der Waals surface area contributed by atoms with Gasteiger partial charge in [0.25, 0.3) is 5.91 Å². The average molecular weight is 414 g/mol. The first-order valence-corrected chi connectivity index (χ1v) is 11.4. The maximum Gasteiger partial charge on any atom is 0.256 e. The molecule has 1 amide bonds. The predicted octanol–water partition coefficient (Wildman–Crippen LogP) is 3.51. The molecule has 1 aromatic carbocycles. The Morgan fingerprint density at radius 2 is 1.83 bits per heavy atom. The maximum absolute atomic E-state index is 13.0. The molecule has 3 aromatic rings. The number of sulfonamides is 1. The standard InChI is InChI=1S/C20H23N5O3S/c1-12(2)25-19-17(11-21-25)16(10-18(23-19)13-4-5-13)20(26)22-14-6-8-15(9-7-14)24-29(3,27)28/h6-13,24H,4-5H2,1-3H3,(H,22,26). The van der Waals surface area contributed by atoms with Gasteiger partial charge in [-0.1, -0.05) is 0 Å². The number of rotatable bonds is 6. The molecule has 2 N–H and O–H groups in total. The first kappa shape index (κ1) is 19.4. The van der Waals surface area contributed by atoms with Gasteiger partial charge in [0.1, 0.15) is 0 Å². The van der Waals surface area contributed by atoms with Crippen LogP contribution < -0.4 is 10.0 Å². The summed E-state index contributed by atoms with van der Waals surface area (Å²) in [5.41, 5.74) is 3.21. The number of amides is 1. The highest BCUT2D eigenvalue weighted by Gasteiger charge is 2.28. The van der Waals surface area contributed by atoms with Gasteiger partial charge in [0.05, 0.1) is 23.4 Å². The van der Waals surface area contributed by atoms with Gasteiger partial charge in [-0.2, -0.15) is 5.10 Å².